The first-order chi connectivity index (χ1) is 12.4. The van der Waals surface area contributed by atoms with Gasteiger partial charge in [-0.15, -0.1) is 0 Å². The van der Waals surface area contributed by atoms with E-state index in [-0.39, 0.29) is 0 Å². The Morgan fingerprint density at radius 1 is 0.480 bits per heavy atom. The van der Waals surface area contributed by atoms with E-state index in [0.29, 0.717) is 0 Å². The van der Waals surface area contributed by atoms with Crippen LogP contribution in [0, 0.1) is 0 Å². The summed E-state index contributed by atoms with van der Waals surface area (Å²) in [7, 11) is 0. The van der Waals surface area contributed by atoms with Crippen molar-refractivity contribution >= 4 is 0 Å². The minimum Gasteiger partial charge on any atom is -0.259 e. The lowest BCUT2D eigenvalue weighted by molar-refractivity contribution is 0.732. The zero-order valence-corrected chi connectivity index (χ0v) is 13.5. The molecule has 6 rings (SSSR count). The number of pyridine rings is 2. The van der Waals surface area contributed by atoms with Crippen molar-refractivity contribution in [3.05, 3.63) is 108 Å². The van der Waals surface area contributed by atoms with Crippen LogP contribution >= 0.6 is 0 Å². The molecule has 2 nitrogen and oxygen atoms in total. The number of hydrogen-bond acceptors (Lipinski definition) is 2. The van der Waals surface area contributed by atoms with E-state index in [2.05, 4.69) is 60.7 Å². The largest absolute Gasteiger partial charge is 0.259 e. The first-order valence-electron chi connectivity index (χ1n) is 8.53. The smallest absolute Gasteiger partial charge is 0.107 e. The van der Waals surface area contributed by atoms with E-state index in [4.69, 9.17) is 9.97 Å². The third kappa shape index (κ3) is 1.38. The van der Waals surface area contributed by atoms with Crippen molar-refractivity contribution in [3.8, 4) is 22.3 Å². The minimum atomic E-state index is -0.402. The molecule has 2 aromatic heterocycles. The molecule has 0 bridgehead atoms. The Kier molecular flexibility index (Phi) is 2.31. The van der Waals surface area contributed by atoms with Crippen LogP contribution in [0.1, 0.15) is 22.5 Å². The van der Waals surface area contributed by atoms with Crippen molar-refractivity contribution in [3.63, 3.8) is 0 Å². The Bertz CT molecular complexity index is 972. The summed E-state index contributed by atoms with van der Waals surface area (Å²) in [5.41, 5.74) is 9.32. The van der Waals surface area contributed by atoms with Gasteiger partial charge in [-0.1, -0.05) is 60.7 Å². The monoisotopic (exact) mass is 318 g/mol. The summed E-state index contributed by atoms with van der Waals surface area (Å²) in [6.07, 6.45) is 3.80. The molecule has 2 aliphatic rings. The van der Waals surface area contributed by atoms with E-state index in [1.54, 1.807) is 0 Å². The Hall–Kier alpha value is -3.26. The zero-order valence-electron chi connectivity index (χ0n) is 13.5. The maximum atomic E-state index is 4.87. The number of nitrogens with zero attached hydrogens (tertiary/aromatic N) is 2. The lowest BCUT2D eigenvalue weighted by Gasteiger charge is -2.27. The Morgan fingerprint density at radius 3 is 1.44 bits per heavy atom. The van der Waals surface area contributed by atoms with E-state index in [0.717, 1.165) is 11.4 Å². The molecular formula is C23H14N2. The van der Waals surface area contributed by atoms with Gasteiger partial charge >= 0.3 is 0 Å². The third-order valence-corrected chi connectivity index (χ3v) is 5.57. The van der Waals surface area contributed by atoms with Crippen LogP contribution < -0.4 is 0 Å². The lowest BCUT2D eigenvalue weighted by atomic mass is 9.75. The summed E-state index contributed by atoms with van der Waals surface area (Å²) in [5.74, 6) is 0. The quantitative estimate of drug-likeness (QED) is 0.401. The Labute approximate surface area is 145 Å². The SMILES string of the molecule is c1ccc2c(c1)-c1ccccc1C21c2ncccc2-c2cccnc21. The van der Waals surface area contributed by atoms with Gasteiger partial charge in [0.25, 0.3) is 0 Å². The molecule has 2 aromatic carbocycles. The molecule has 0 aliphatic heterocycles. The van der Waals surface area contributed by atoms with E-state index in [1.165, 1.54) is 33.4 Å². The molecule has 0 radical (unpaired) electrons. The molecule has 116 valence electrons. The molecule has 0 fully saturated rings. The van der Waals surface area contributed by atoms with Gasteiger partial charge in [-0.05, 0) is 34.4 Å². The predicted molar refractivity (Wildman–Crippen MR) is 98.3 cm³/mol. The zero-order chi connectivity index (χ0) is 16.4. The predicted octanol–water partition coefficient (Wildman–Crippen LogP) is 4.82. The van der Waals surface area contributed by atoms with Crippen LogP contribution in [0.4, 0.5) is 0 Å². The van der Waals surface area contributed by atoms with Crippen molar-refractivity contribution in [2.24, 2.45) is 0 Å². The normalized spacial score (nSPS) is 14.7. The summed E-state index contributed by atoms with van der Waals surface area (Å²) >= 11 is 0. The molecule has 2 aliphatic carbocycles. The molecule has 2 heteroatoms. The Morgan fingerprint density at radius 2 is 0.920 bits per heavy atom. The van der Waals surface area contributed by atoms with Gasteiger partial charge in [-0.25, -0.2) is 0 Å². The van der Waals surface area contributed by atoms with Gasteiger partial charge in [0.15, 0.2) is 0 Å². The maximum Gasteiger partial charge on any atom is 0.107 e. The highest BCUT2D eigenvalue weighted by atomic mass is 14.8. The highest BCUT2D eigenvalue weighted by Crippen LogP contribution is 2.61. The average molecular weight is 318 g/mol. The van der Waals surface area contributed by atoms with Crippen molar-refractivity contribution in [2.45, 2.75) is 5.41 Å². The van der Waals surface area contributed by atoms with Gasteiger partial charge in [0.05, 0.1) is 11.4 Å². The van der Waals surface area contributed by atoms with Crippen molar-refractivity contribution < 1.29 is 0 Å². The number of rotatable bonds is 0. The number of benzene rings is 2. The summed E-state index contributed by atoms with van der Waals surface area (Å²) in [6.45, 7) is 0. The first kappa shape index (κ1) is 13.1. The first-order valence-corrected chi connectivity index (χ1v) is 8.53. The second-order valence-electron chi connectivity index (χ2n) is 6.64. The second-order valence-corrected chi connectivity index (χ2v) is 6.64. The fourth-order valence-corrected chi connectivity index (χ4v) is 4.70. The molecular weight excluding hydrogens is 304 g/mol. The van der Waals surface area contributed by atoms with E-state index < -0.39 is 5.41 Å². The second kappa shape index (κ2) is 4.42. The van der Waals surface area contributed by atoms with Gasteiger partial charge in [0.2, 0.25) is 0 Å². The van der Waals surface area contributed by atoms with Crippen LogP contribution in [0.25, 0.3) is 22.3 Å². The van der Waals surface area contributed by atoms with Crippen molar-refractivity contribution in [1.82, 2.24) is 9.97 Å². The van der Waals surface area contributed by atoms with Crippen LogP contribution in [0.3, 0.4) is 0 Å². The molecule has 4 aromatic rings. The van der Waals surface area contributed by atoms with Crippen LogP contribution in [-0.2, 0) is 5.41 Å². The average Bonchev–Trinajstić information content (AvgIpc) is 3.16. The molecule has 0 atom stereocenters. The fraction of sp³-hybridized carbons (Fsp3) is 0.0435. The molecule has 1 spiro atoms. The van der Waals surface area contributed by atoms with Gasteiger partial charge in [0, 0.05) is 23.5 Å². The highest BCUT2D eigenvalue weighted by Gasteiger charge is 2.53. The number of hydrogen-bond donors (Lipinski definition) is 0. The summed E-state index contributed by atoms with van der Waals surface area (Å²) in [4.78, 5) is 9.73. The molecule has 0 saturated carbocycles. The van der Waals surface area contributed by atoms with Crippen molar-refractivity contribution in [2.75, 3.05) is 0 Å². The van der Waals surface area contributed by atoms with Crippen LogP contribution in [0.5, 0.6) is 0 Å². The van der Waals surface area contributed by atoms with E-state index >= 15 is 0 Å². The topological polar surface area (TPSA) is 25.8 Å². The van der Waals surface area contributed by atoms with Gasteiger partial charge < -0.3 is 0 Å². The molecule has 2 heterocycles. The molecule has 0 unspecified atom stereocenters. The number of aromatic nitrogens is 2. The lowest BCUT2D eigenvalue weighted by Crippen LogP contribution is -2.27. The molecule has 0 N–H and O–H groups in total. The Balaban J connectivity index is 1.89. The van der Waals surface area contributed by atoms with Crippen LogP contribution in [-0.4, -0.2) is 9.97 Å². The van der Waals surface area contributed by atoms with Crippen LogP contribution in [0.15, 0.2) is 85.2 Å². The van der Waals surface area contributed by atoms with E-state index in [1.807, 2.05) is 24.5 Å². The molecule has 25 heavy (non-hydrogen) atoms. The van der Waals surface area contributed by atoms with Gasteiger partial charge in [0.1, 0.15) is 5.41 Å². The van der Waals surface area contributed by atoms with Crippen molar-refractivity contribution in [1.29, 1.82) is 0 Å². The van der Waals surface area contributed by atoms with Gasteiger partial charge in [-0.3, -0.25) is 9.97 Å². The summed E-state index contributed by atoms with van der Waals surface area (Å²) in [6, 6.07) is 25.7. The third-order valence-electron chi connectivity index (χ3n) is 5.57. The fourth-order valence-electron chi connectivity index (χ4n) is 4.70. The standard InChI is InChI=1S/C23H14N2/c1-3-11-19-15(7-1)16-8-2-4-12-20(16)23(19)21-17(9-5-13-24-21)18-10-6-14-25-22(18)23/h1-14H. The van der Waals surface area contributed by atoms with Crippen LogP contribution in [0.2, 0.25) is 0 Å². The molecule has 0 saturated heterocycles. The summed E-state index contributed by atoms with van der Waals surface area (Å²) < 4.78 is 0. The van der Waals surface area contributed by atoms with Gasteiger partial charge in [-0.2, -0.15) is 0 Å². The minimum absolute atomic E-state index is 0.402. The maximum absolute atomic E-state index is 4.87. The van der Waals surface area contributed by atoms with E-state index in [9.17, 15) is 0 Å². The highest BCUT2D eigenvalue weighted by molar-refractivity contribution is 5.92. The summed E-state index contributed by atoms with van der Waals surface area (Å²) in [5, 5.41) is 0. The molecule has 0 amide bonds. The number of fused-ring (bicyclic) bond motifs is 10.